The number of benzene rings is 1. The summed E-state index contributed by atoms with van der Waals surface area (Å²) in [5.41, 5.74) is 2.18. The first-order chi connectivity index (χ1) is 11.6. The number of nitrogens with zero attached hydrogens (tertiary/aromatic N) is 3. The third-order valence-corrected chi connectivity index (χ3v) is 4.48. The maximum atomic E-state index is 12.4. The summed E-state index contributed by atoms with van der Waals surface area (Å²) in [5, 5.41) is 9.66. The number of hydrogen-bond acceptors (Lipinski definition) is 5. The Morgan fingerprint density at radius 1 is 1.38 bits per heavy atom. The Morgan fingerprint density at radius 2 is 2.17 bits per heavy atom. The average Bonchev–Trinajstić information content (AvgIpc) is 3.22. The molecule has 6 nitrogen and oxygen atoms in total. The van der Waals surface area contributed by atoms with E-state index in [1.165, 1.54) is 11.3 Å². The number of rotatable bonds is 5. The number of aryl methyl sites for hydroxylation is 2. The minimum Gasteiger partial charge on any atom is -0.496 e. The van der Waals surface area contributed by atoms with Gasteiger partial charge in [-0.15, -0.1) is 11.3 Å². The molecular weight excluding hydrogens is 324 g/mol. The smallest absolute Gasteiger partial charge is 0.276 e. The van der Waals surface area contributed by atoms with E-state index in [2.05, 4.69) is 15.4 Å². The van der Waals surface area contributed by atoms with Crippen LogP contribution in [0.25, 0.3) is 10.6 Å². The van der Waals surface area contributed by atoms with Gasteiger partial charge in [-0.2, -0.15) is 5.10 Å². The first kappa shape index (κ1) is 16.2. The number of para-hydroxylation sites is 1. The summed E-state index contributed by atoms with van der Waals surface area (Å²) in [4.78, 5) is 16.9. The molecule has 2 aromatic heterocycles. The number of amides is 1. The zero-order valence-corrected chi connectivity index (χ0v) is 14.6. The van der Waals surface area contributed by atoms with Crippen LogP contribution in [0.2, 0.25) is 0 Å². The molecule has 0 saturated carbocycles. The maximum Gasteiger partial charge on any atom is 0.276 e. The minimum absolute atomic E-state index is 0.252. The van der Waals surface area contributed by atoms with Crippen LogP contribution in [0.5, 0.6) is 5.75 Å². The second kappa shape index (κ2) is 6.84. The van der Waals surface area contributed by atoms with E-state index in [4.69, 9.17) is 4.74 Å². The van der Waals surface area contributed by atoms with Crippen molar-refractivity contribution in [1.29, 1.82) is 0 Å². The van der Waals surface area contributed by atoms with Crippen molar-refractivity contribution in [2.75, 3.05) is 12.4 Å². The van der Waals surface area contributed by atoms with Gasteiger partial charge in [0.1, 0.15) is 22.3 Å². The summed E-state index contributed by atoms with van der Waals surface area (Å²) in [6.45, 7) is 2.02. The Hall–Kier alpha value is -2.67. The Balaban J connectivity index is 1.82. The zero-order chi connectivity index (χ0) is 17.1. The van der Waals surface area contributed by atoms with Gasteiger partial charge in [0.2, 0.25) is 0 Å². The molecule has 0 aliphatic heterocycles. The number of thiazole rings is 1. The van der Waals surface area contributed by atoms with Crippen molar-refractivity contribution < 1.29 is 9.53 Å². The number of carbonyl (C=O) groups excluding carboxylic acids is 1. The number of methoxy groups -OCH3 is 1. The number of anilines is 1. The van der Waals surface area contributed by atoms with Gasteiger partial charge in [-0.1, -0.05) is 19.1 Å². The lowest BCUT2D eigenvalue weighted by atomic mass is 10.2. The second-order valence-corrected chi connectivity index (χ2v) is 6.05. The highest BCUT2D eigenvalue weighted by Gasteiger charge is 2.16. The second-order valence-electron chi connectivity index (χ2n) is 5.19. The summed E-state index contributed by atoms with van der Waals surface area (Å²) >= 11 is 1.41. The van der Waals surface area contributed by atoms with E-state index in [1.54, 1.807) is 24.2 Å². The van der Waals surface area contributed by atoms with E-state index >= 15 is 0 Å². The molecular formula is C17H18N4O2S. The van der Waals surface area contributed by atoms with E-state index in [0.717, 1.165) is 28.4 Å². The van der Waals surface area contributed by atoms with Crippen LogP contribution in [0.15, 0.2) is 35.7 Å². The quantitative estimate of drug-likeness (QED) is 0.772. The molecule has 0 aliphatic rings. The summed E-state index contributed by atoms with van der Waals surface area (Å²) in [7, 11) is 3.42. The van der Waals surface area contributed by atoms with Crippen LogP contribution in [0, 0.1) is 0 Å². The Bertz CT molecular complexity index is 869. The topological polar surface area (TPSA) is 69.0 Å². The Labute approximate surface area is 144 Å². The van der Waals surface area contributed by atoms with E-state index in [-0.39, 0.29) is 5.91 Å². The normalized spacial score (nSPS) is 10.6. The molecule has 0 spiro atoms. The molecule has 0 saturated heterocycles. The van der Waals surface area contributed by atoms with Gasteiger partial charge < -0.3 is 10.1 Å². The lowest BCUT2D eigenvalue weighted by Crippen LogP contribution is -2.14. The van der Waals surface area contributed by atoms with Crippen molar-refractivity contribution >= 4 is 23.1 Å². The first-order valence-corrected chi connectivity index (χ1v) is 8.43. The summed E-state index contributed by atoms with van der Waals surface area (Å²) in [6.07, 6.45) is 0.818. The molecule has 3 rings (SSSR count). The van der Waals surface area contributed by atoms with Crippen LogP contribution in [0.3, 0.4) is 0 Å². The largest absolute Gasteiger partial charge is 0.496 e. The number of nitrogens with one attached hydrogen (secondary N) is 1. The van der Waals surface area contributed by atoms with Crippen LogP contribution in [-0.2, 0) is 13.5 Å². The van der Waals surface area contributed by atoms with Crippen LogP contribution in [0.4, 0.5) is 5.82 Å². The number of hydrogen-bond donors (Lipinski definition) is 1. The molecule has 7 heteroatoms. The molecule has 2 heterocycles. The van der Waals surface area contributed by atoms with Crippen molar-refractivity contribution in [2.24, 2.45) is 7.05 Å². The molecule has 124 valence electrons. The lowest BCUT2D eigenvalue weighted by molar-refractivity contribution is 0.102. The van der Waals surface area contributed by atoms with E-state index in [1.807, 2.05) is 37.3 Å². The van der Waals surface area contributed by atoms with Crippen molar-refractivity contribution in [3.05, 3.63) is 47.1 Å². The molecule has 0 bridgehead atoms. The SMILES string of the molecule is CCc1cc(NC(=O)c2csc(-c3ccccc3OC)n2)n(C)n1. The first-order valence-electron chi connectivity index (χ1n) is 7.55. The maximum absolute atomic E-state index is 12.4. The molecule has 1 amide bonds. The predicted molar refractivity (Wildman–Crippen MR) is 94.6 cm³/mol. The standard InChI is InChI=1S/C17H18N4O2S/c1-4-11-9-15(21(2)20-11)19-16(22)13-10-24-17(18-13)12-7-5-6-8-14(12)23-3/h5-10H,4H2,1-3H3,(H,19,22). The van der Waals surface area contributed by atoms with Gasteiger partial charge in [-0.25, -0.2) is 4.98 Å². The van der Waals surface area contributed by atoms with Gasteiger partial charge in [0.25, 0.3) is 5.91 Å². The Kier molecular flexibility index (Phi) is 4.61. The van der Waals surface area contributed by atoms with E-state index in [0.29, 0.717) is 11.5 Å². The van der Waals surface area contributed by atoms with Gasteiger partial charge >= 0.3 is 0 Å². The summed E-state index contributed by atoms with van der Waals surface area (Å²) in [5.74, 6) is 1.14. The van der Waals surface area contributed by atoms with Crippen LogP contribution in [-0.4, -0.2) is 27.8 Å². The Morgan fingerprint density at radius 3 is 2.88 bits per heavy atom. The molecule has 0 atom stereocenters. The molecule has 0 unspecified atom stereocenters. The third kappa shape index (κ3) is 3.16. The summed E-state index contributed by atoms with van der Waals surface area (Å²) in [6, 6.07) is 9.48. The number of aromatic nitrogens is 3. The highest BCUT2D eigenvalue weighted by molar-refractivity contribution is 7.13. The van der Waals surface area contributed by atoms with Crippen LogP contribution < -0.4 is 10.1 Å². The van der Waals surface area contributed by atoms with Crippen molar-refractivity contribution in [1.82, 2.24) is 14.8 Å². The molecule has 0 aliphatic carbocycles. The molecule has 0 fully saturated rings. The highest BCUT2D eigenvalue weighted by Crippen LogP contribution is 2.32. The van der Waals surface area contributed by atoms with Gasteiger partial charge in [0.05, 0.1) is 18.4 Å². The lowest BCUT2D eigenvalue weighted by Gasteiger charge is -2.05. The zero-order valence-electron chi connectivity index (χ0n) is 13.7. The third-order valence-electron chi connectivity index (χ3n) is 3.61. The molecule has 3 aromatic rings. The number of carbonyl (C=O) groups is 1. The van der Waals surface area contributed by atoms with E-state index in [9.17, 15) is 4.79 Å². The van der Waals surface area contributed by atoms with Crippen molar-refractivity contribution in [3.63, 3.8) is 0 Å². The summed E-state index contributed by atoms with van der Waals surface area (Å²) < 4.78 is 7.01. The van der Waals surface area contributed by atoms with Gasteiger partial charge in [0.15, 0.2) is 0 Å². The van der Waals surface area contributed by atoms with Crippen molar-refractivity contribution in [2.45, 2.75) is 13.3 Å². The monoisotopic (exact) mass is 342 g/mol. The van der Waals surface area contributed by atoms with Crippen LogP contribution in [0.1, 0.15) is 23.1 Å². The van der Waals surface area contributed by atoms with Gasteiger partial charge in [0, 0.05) is 18.5 Å². The number of ether oxygens (including phenoxy) is 1. The minimum atomic E-state index is -0.252. The molecule has 0 radical (unpaired) electrons. The van der Waals surface area contributed by atoms with Crippen molar-refractivity contribution in [3.8, 4) is 16.3 Å². The fourth-order valence-corrected chi connectivity index (χ4v) is 3.15. The highest BCUT2D eigenvalue weighted by atomic mass is 32.1. The molecule has 1 N–H and O–H groups in total. The van der Waals surface area contributed by atoms with Crippen LogP contribution >= 0.6 is 11.3 Å². The van der Waals surface area contributed by atoms with Gasteiger partial charge in [-0.05, 0) is 18.6 Å². The fourth-order valence-electron chi connectivity index (χ4n) is 2.32. The average molecular weight is 342 g/mol. The molecule has 24 heavy (non-hydrogen) atoms. The van der Waals surface area contributed by atoms with Gasteiger partial charge in [-0.3, -0.25) is 9.48 Å². The van der Waals surface area contributed by atoms with E-state index < -0.39 is 0 Å². The molecule has 1 aromatic carbocycles. The predicted octanol–water partition coefficient (Wildman–Crippen LogP) is 3.37. The fraction of sp³-hybridized carbons (Fsp3) is 0.235.